The smallest absolute Gasteiger partial charge is 0.112 e. The summed E-state index contributed by atoms with van der Waals surface area (Å²) in [6, 6.07) is 4.95. The van der Waals surface area contributed by atoms with Crippen molar-refractivity contribution < 1.29 is 0 Å². The Bertz CT molecular complexity index is 579. The summed E-state index contributed by atoms with van der Waals surface area (Å²) in [6.07, 6.45) is 6.17. The molecule has 2 aliphatic rings. The fraction of sp³-hybridized carbons (Fsp3) is 0.467. The standard InChI is InChI=1S/C15H17N3/c1-9-5-10(2)16-13(6-9)14-8-18-12-4-3-11(7-12)15(18)17-14/h5-6,8,11-12H,3-4,7H2,1-2H3. The molecule has 2 aromatic rings. The van der Waals surface area contributed by atoms with Crippen LogP contribution in [0.25, 0.3) is 11.4 Å². The second-order valence-corrected chi connectivity index (χ2v) is 5.73. The van der Waals surface area contributed by atoms with Gasteiger partial charge in [0.25, 0.3) is 0 Å². The molecule has 2 unspecified atom stereocenters. The first-order valence-corrected chi connectivity index (χ1v) is 6.75. The molecule has 0 radical (unpaired) electrons. The summed E-state index contributed by atoms with van der Waals surface area (Å²) >= 11 is 0. The van der Waals surface area contributed by atoms with Crippen LogP contribution >= 0.6 is 0 Å². The predicted octanol–water partition coefficient (Wildman–Crippen LogP) is 3.38. The van der Waals surface area contributed by atoms with Gasteiger partial charge in [-0.25, -0.2) is 4.98 Å². The number of fused-ring (bicyclic) bond motifs is 5. The van der Waals surface area contributed by atoms with Crippen molar-refractivity contribution in [2.45, 2.75) is 45.1 Å². The van der Waals surface area contributed by atoms with Gasteiger partial charge in [0.1, 0.15) is 11.5 Å². The number of imidazole rings is 1. The number of rotatable bonds is 1. The maximum Gasteiger partial charge on any atom is 0.112 e. The van der Waals surface area contributed by atoms with Crippen LogP contribution in [0.1, 0.15) is 48.3 Å². The van der Waals surface area contributed by atoms with Crippen LogP contribution in [0.3, 0.4) is 0 Å². The van der Waals surface area contributed by atoms with E-state index in [1.54, 1.807) is 0 Å². The van der Waals surface area contributed by atoms with E-state index in [-0.39, 0.29) is 0 Å². The van der Waals surface area contributed by atoms with E-state index in [4.69, 9.17) is 4.98 Å². The van der Waals surface area contributed by atoms with Crippen molar-refractivity contribution in [1.29, 1.82) is 0 Å². The quantitative estimate of drug-likeness (QED) is 0.763. The van der Waals surface area contributed by atoms with E-state index in [1.807, 2.05) is 6.92 Å². The highest BCUT2D eigenvalue weighted by Crippen LogP contribution is 2.48. The van der Waals surface area contributed by atoms with Crippen molar-refractivity contribution in [3.8, 4) is 11.4 Å². The maximum absolute atomic E-state index is 4.83. The van der Waals surface area contributed by atoms with Crippen molar-refractivity contribution in [2.75, 3.05) is 0 Å². The highest BCUT2D eigenvalue weighted by Gasteiger charge is 2.38. The van der Waals surface area contributed by atoms with Crippen molar-refractivity contribution in [3.05, 3.63) is 35.4 Å². The minimum Gasteiger partial charge on any atom is -0.331 e. The lowest BCUT2D eigenvalue weighted by Crippen LogP contribution is -2.04. The van der Waals surface area contributed by atoms with Crippen molar-refractivity contribution >= 4 is 0 Å². The summed E-state index contributed by atoms with van der Waals surface area (Å²) in [5, 5.41) is 0. The monoisotopic (exact) mass is 239 g/mol. The average molecular weight is 239 g/mol. The highest BCUT2D eigenvalue weighted by molar-refractivity contribution is 5.55. The molecule has 1 fully saturated rings. The second-order valence-electron chi connectivity index (χ2n) is 5.73. The first-order chi connectivity index (χ1) is 8.70. The Kier molecular flexibility index (Phi) is 1.97. The maximum atomic E-state index is 4.83. The fourth-order valence-electron chi connectivity index (χ4n) is 3.54. The molecule has 1 aliphatic carbocycles. The van der Waals surface area contributed by atoms with Gasteiger partial charge in [0.15, 0.2) is 0 Å². The molecule has 0 amide bonds. The summed E-state index contributed by atoms with van der Waals surface area (Å²) in [7, 11) is 0. The number of pyridine rings is 1. The van der Waals surface area contributed by atoms with Crippen LogP contribution in [-0.2, 0) is 0 Å². The molecular formula is C15H17N3. The minimum atomic E-state index is 0.703. The van der Waals surface area contributed by atoms with Crippen molar-refractivity contribution in [1.82, 2.24) is 14.5 Å². The molecule has 0 spiro atoms. The molecule has 0 N–H and O–H groups in total. The molecule has 1 saturated carbocycles. The molecule has 0 saturated heterocycles. The van der Waals surface area contributed by atoms with E-state index >= 15 is 0 Å². The molecule has 3 heteroatoms. The van der Waals surface area contributed by atoms with Gasteiger partial charge in [0.2, 0.25) is 0 Å². The van der Waals surface area contributed by atoms with E-state index in [9.17, 15) is 0 Å². The molecular weight excluding hydrogens is 222 g/mol. The van der Waals surface area contributed by atoms with E-state index in [1.165, 1.54) is 30.7 Å². The number of aromatic nitrogens is 3. The largest absolute Gasteiger partial charge is 0.331 e. The summed E-state index contributed by atoms with van der Waals surface area (Å²) < 4.78 is 2.39. The zero-order valence-corrected chi connectivity index (χ0v) is 10.8. The fourth-order valence-corrected chi connectivity index (χ4v) is 3.54. The van der Waals surface area contributed by atoms with Gasteiger partial charge in [-0.2, -0.15) is 0 Å². The molecule has 2 bridgehead atoms. The Morgan fingerprint density at radius 2 is 2.00 bits per heavy atom. The molecule has 1 aliphatic heterocycles. The summed E-state index contributed by atoms with van der Waals surface area (Å²) in [6.45, 7) is 4.16. The Hall–Kier alpha value is -1.64. The van der Waals surface area contributed by atoms with Gasteiger partial charge in [0, 0.05) is 23.9 Å². The number of hydrogen-bond donors (Lipinski definition) is 0. The van der Waals surface area contributed by atoms with Crippen LogP contribution in [0.15, 0.2) is 18.3 Å². The number of aryl methyl sites for hydroxylation is 2. The van der Waals surface area contributed by atoms with Gasteiger partial charge in [-0.3, -0.25) is 4.98 Å². The lowest BCUT2D eigenvalue weighted by atomic mass is 10.1. The Morgan fingerprint density at radius 3 is 2.78 bits per heavy atom. The molecule has 0 aromatic carbocycles. The molecule has 4 rings (SSSR count). The number of hydrogen-bond acceptors (Lipinski definition) is 2. The van der Waals surface area contributed by atoms with Crippen LogP contribution in [0, 0.1) is 13.8 Å². The summed E-state index contributed by atoms with van der Waals surface area (Å²) in [5.74, 6) is 2.00. The third-order valence-corrected chi connectivity index (χ3v) is 4.28. The van der Waals surface area contributed by atoms with Crippen molar-refractivity contribution in [3.63, 3.8) is 0 Å². The lowest BCUT2D eigenvalue weighted by Gasteiger charge is -2.11. The van der Waals surface area contributed by atoms with E-state index in [2.05, 4.69) is 34.8 Å². The van der Waals surface area contributed by atoms with Gasteiger partial charge < -0.3 is 4.57 Å². The molecule has 2 aromatic heterocycles. The van der Waals surface area contributed by atoms with Gasteiger partial charge in [0.05, 0.1) is 5.69 Å². The topological polar surface area (TPSA) is 30.7 Å². The first kappa shape index (κ1) is 10.3. The van der Waals surface area contributed by atoms with Gasteiger partial charge >= 0.3 is 0 Å². The normalized spacial score (nSPS) is 24.6. The Balaban J connectivity index is 1.82. The first-order valence-electron chi connectivity index (χ1n) is 6.75. The van der Waals surface area contributed by atoms with Crippen LogP contribution in [0.4, 0.5) is 0 Å². The van der Waals surface area contributed by atoms with Crippen molar-refractivity contribution in [2.24, 2.45) is 0 Å². The molecule has 3 nitrogen and oxygen atoms in total. The van der Waals surface area contributed by atoms with E-state index < -0.39 is 0 Å². The summed E-state index contributed by atoms with van der Waals surface area (Å²) in [4.78, 5) is 9.44. The zero-order chi connectivity index (χ0) is 12.3. The van der Waals surface area contributed by atoms with Gasteiger partial charge in [-0.15, -0.1) is 0 Å². The van der Waals surface area contributed by atoms with E-state index in [0.29, 0.717) is 12.0 Å². The van der Waals surface area contributed by atoms with Crippen LogP contribution in [0.2, 0.25) is 0 Å². The van der Waals surface area contributed by atoms with Crippen LogP contribution in [-0.4, -0.2) is 14.5 Å². The number of nitrogens with zero attached hydrogens (tertiary/aromatic N) is 3. The SMILES string of the molecule is Cc1cc(C)nc(-c2cn3c(n2)C2CCC3C2)c1. The van der Waals surface area contributed by atoms with Gasteiger partial charge in [-0.05, 0) is 50.8 Å². The Labute approximate surface area is 107 Å². The summed E-state index contributed by atoms with van der Waals surface area (Å²) in [5.41, 5.74) is 4.40. The van der Waals surface area contributed by atoms with Gasteiger partial charge in [-0.1, -0.05) is 0 Å². The molecule has 92 valence electrons. The lowest BCUT2D eigenvalue weighted by molar-refractivity contribution is 0.526. The minimum absolute atomic E-state index is 0.703. The molecule has 18 heavy (non-hydrogen) atoms. The molecule has 2 atom stereocenters. The average Bonchev–Trinajstić information content (AvgIpc) is 3.00. The van der Waals surface area contributed by atoms with Crippen LogP contribution in [0.5, 0.6) is 0 Å². The predicted molar refractivity (Wildman–Crippen MR) is 70.6 cm³/mol. The Morgan fingerprint density at radius 1 is 1.11 bits per heavy atom. The zero-order valence-electron chi connectivity index (χ0n) is 10.8. The third-order valence-electron chi connectivity index (χ3n) is 4.28. The van der Waals surface area contributed by atoms with Crippen LogP contribution < -0.4 is 0 Å². The third kappa shape index (κ3) is 1.36. The van der Waals surface area contributed by atoms with E-state index in [0.717, 1.165) is 17.1 Å². The second kappa shape index (κ2) is 3.44. The highest BCUT2D eigenvalue weighted by atomic mass is 15.1. The molecule has 3 heterocycles.